The molecule has 2 aromatic carbocycles. The molecule has 0 fully saturated rings. The normalized spacial score (nSPS) is 12.4. The van der Waals surface area contributed by atoms with E-state index in [2.05, 4.69) is 5.32 Å². The maximum atomic E-state index is 13.0. The molecule has 134 valence electrons. The third kappa shape index (κ3) is 5.14. The van der Waals surface area contributed by atoms with Crippen molar-refractivity contribution in [3.05, 3.63) is 54.1 Å². The molecule has 1 amide bonds. The van der Waals surface area contributed by atoms with Crippen molar-refractivity contribution in [2.75, 3.05) is 11.9 Å². The van der Waals surface area contributed by atoms with Gasteiger partial charge in [0.25, 0.3) is 5.91 Å². The quantitative estimate of drug-likeness (QED) is 0.831. The summed E-state index contributed by atoms with van der Waals surface area (Å²) in [6.45, 7) is 3.84. The fraction of sp³-hybridized carbons (Fsp3) is 0.278. The summed E-state index contributed by atoms with van der Waals surface area (Å²) < 4.78 is 49.6. The van der Waals surface area contributed by atoms with Crippen LogP contribution in [0.2, 0.25) is 0 Å². The van der Waals surface area contributed by atoms with E-state index in [1.807, 2.05) is 6.92 Å². The summed E-state index contributed by atoms with van der Waals surface area (Å²) in [7, 11) is 0. The number of amides is 1. The SMILES string of the molecule is CCOc1ccc(OC(C)C(=O)Nc2ccccc2C(F)(F)F)cc1. The number of hydrogen-bond donors (Lipinski definition) is 1. The van der Waals surface area contributed by atoms with Gasteiger partial charge < -0.3 is 14.8 Å². The van der Waals surface area contributed by atoms with Crippen LogP contribution in [-0.4, -0.2) is 18.6 Å². The van der Waals surface area contributed by atoms with Crippen LogP contribution in [0.5, 0.6) is 11.5 Å². The van der Waals surface area contributed by atoms with Gasteiger partial charge in [-0.15, -0.1) is 0 Å². The van der Waals surface area contributed by atoms with Crippen LogP contribution in [0.25, 0.3) is 0 Å². The van der Waals surface area contributed by atoms with Gasteiger partial charge in [0, 0.05) is 0 Å². The largest absolute Gasteiger partial charge is 0.494 e. The van der Waals surface area contributed by atoms with Gasteiger partial charge in [0.05, 0.1) is 17.9 Å². The van der Waals surface area contributed by atoms with E-state index in [9.17, 15) is 18.0 Å². The van der Waals surface area contributed by atoms with Crippen molar-refractivity contribution in [3.63, 3.8) is 0 Å². The fourth-order valence-electron chi connectivity index (χ4n) is 2.11. The maximum Gasteiger partial charge on any atom is 0.418 e. The lowest BCUT2D eigenvalue weighted by Gasteiger charge is -2.17. The maximum absolute atomic E-state index is 13.0. The van der Waals surface area contributed by atoms with E-state index < -0.39 is 23.8 Å². The molecule has 0 radical (unpaired) electrons. The first kappa shape index (κ1) is 18.6. The number of rotatable bonds is 6. The molecule has 4 nitrogen and oxygen atoms in total. The second-order valence-electron chi connectivity index (χ2n) is 5.20. The van der Waals surface area contributed by atoms with Crippen LogP contribution in [0, 0.1) is 0 Å². The minimum atomic E-state index is -4.55. The summed E-state index contributed by atoms with van der Waals surface area (Å²) in [5.74, 6) is 0.395. The Morgan fingerprint density at radius 2 is 1.68 bits per heavy atom. The van der Waals surface area contributed by atoms with E-state index in [4.69, 9.17) is 9.47 Å². The number of ether oxygens (including phenoxy) is 2. The molecule has 0 spiro atoms. The topological polar surface area (TPSA) is 47.6 Å². The highest BCUT2D eigenvalue weighted by atomic mass is 19.4. The molecule has 1 N–H and O–H groups in total. The lowest BCUT2D eigenvalue weighted by atomic mass is 10.1. The molecule has 1 unspecified atom stereocenters. The first-order chi connectivity index (χ1) is 11.8. The summed E-state index contributed by atoms with van der Waals surface area (Å²) in [5.41, 5.74) is -1.21. The molecule has 0 aliphatic heterocycles. The zero-order valence-corrected chi connectivity index (χ0v) is 13.8. The van der Waals surface area contributed by atoms with Crippen LogP contribution in [0.3, 0.4) is 0 Å². The van der Waals surface area contributed by atoms with Crippen LogP contribution in [0.4, 0.5) is 18.9 Å². The van der Waals surface area contributed by atoms with Gasteiger partial charge in [-0.2, -0.15) is 13.2 Å². The van der Waals surface area contributed by atoms with Gasteiger partial charge in [0.2, 0.25) is 0 Å². The molecule has 25 heavy (non-hydrogen) atoms. The summed E-state index contributed by atoms with van der Waals surface area (Å²) >= 11 is 0. The zero-order valence-electron chi connectivity index (χ0n) is 13.8. The average Bonchev–Trinajstić information content (AvgIpc) is 2.56. The lowest BCUT2D eigenvalue weighted by molar-refractivity contribution is -0.137. The molecular weight excluding hydrogens is 335 g/mol. The molecule has 1 atom stereocenters. The Morgan fingerprint density at radius 3 is 2.28 bits per heavy atom. The van der Waals surface area contributed by atoms with Crippen molar-refractivity contribution in [2.45, 2.75) is 26.1 Å². The number of hydrogen-bond acceptors (Lipinski definition) is 3. The number of para-hydroxylation sites is 1. The number of halogens is 3. The van der Waals surface area contributed by atoms with Crippen LogP contribution in [0.1, 0.15) is 19.4 Å². The third-order valence-electron chi connectivity index (χ3n) is 3.31. The zero-order chi connectivity index (χ0) is 18.4. The van der Waals surface area contributed by atoms with E-state index >= 15 is 0 Å². The van der Waals surface area contributed by atoms with Crippen LogP contribution >= 0.6 is 0 Å². The van der Waals surface area contributed by atoms with E-state index in [-0.39, 0.29) is 5.69 Å². The Labute approximate surface area is 143 Å². The van der Waals surface area contributed by atoms with Gasteiger partial charge in [-0.05, 0) is 50.2 Å². The van der Waals surface area contributed by atoms with Gasteiger partial charge >= 0.3 is 6.18 Å². The molecule has 0 aromatic heterocycles. The molecule has 0 aliphatic carbocycles. The molecule has 0 bridgehead atoms. The molecule has 7 heteroatoms. The first-order valence-electron chi connectivity index (χ1n) is 7.68. The highest BCUT2D eigenvalue weighted by Crippen LogP contribution is 2.34. The van der Waals surface area contributed by atoms with Gasteiger partial charge in [-0.1, -0.05) is 12.1 Å². The highest BCUT2D eigenvalue weighted by molar-refractivity contribution is 5.94. The summed E-state index contributed by atoms with van der Waals surface area (Å²) in [6, 6.07) is 11.4. The lowest BCUT2D eigenvalue weighted by Crippen LogP contribution is -2.31. The number of nitrogens with one attached hydrogen (secondary N) is 1. The second kappa shape index (κ2) is 7.92. The van der Waals surface area contributed by atoms with Crippen LogP contribution in [0.15, 0.2) is 48.5 Å². The van der Waals surface area contributed by atoms with E-state index in [1.165, 1.54) is 25.1 Å². The van der Waals surface area contributed by atoms with Crippen molar-refractivity contribution < 1.29 is 27.4 Å². The number of anilines is 1. The molecule has 0 saturated carbocycles. The predicted octanol–water partition coefficient (Wildman–Crippen LogP) is 4.51. The average molecular weight is 353 g/mol. The molecule has 2 aromatic rings. The monoisotopic (exact) mass is 353 g/mol. The van der Waals surface area contributed by atoms with Gasteiger partial charge in [0.15, 0.2) is 6.10 Å². The minimum absolute atomic E-state index is 0.304. The van der Waals surface area contributed by atoms with Crippen molar-refractivity contribution in [3.8, 4) is 11.5 Å². The van der Waals surface area contributed by atoms with Gasteiger partial charge in [-0.3, -0.25) is 4.79 Å². The molecule has 0 saturated heterocycles. The molecule has 0 heterocycles. The Kier molecular flexibility index (Phi) is 5.90. The number of carbonyl (C=O) groups is 1. The number of benzene rings is 2. The van der Waals surface area contributed by atoms with Crippen molar-refractivity contribution >= 4 is 11.6 Å². The summed E-state index contributed by atoms with van der Waals surface area (Å²) in [5, 5.41) is 2.26. The third-order valence-corrected chi connectivity index (χ3v) is 3.31. The standard InChI is InChI=1S/C18H18F3NO3/c1-3-24-13-8-10-14(11-9-13)25-12(2)17(23)22-16-7-5-4-6-15(16)18(19,20)21/h4-12H,3H2,1-2H3,(H,22,23). The van der Waals surface area contributed by atoms with Crippen LogP contribution < -0.4 is 14.8 Å². The van der Waals surface area contributed by atoms with Crippen molar-refractivity contribution in [2.24, 2.45) is 0 Å². The van der Waals surface area contributed by atoms with Gasteiger partial charge in [0.1, 0.15) is 11.5 Å². The number of alkyl halides is 3. The van der Waals surface area contributed by atoms with E-state index in [0.717, 1.165) is 6.07 Å². The molecule has 0 aliphatic rings. The first-order valence-corrected chi connectivity index (χ1v) is 7.68. The summed E-state index contributed by atoms with van der Waals surface area (Å²) in [4.78, 5) is 12.1. The molecular formula is C18H18F3NO3. The minimum Gasteiger partial charge on any atom is -0.494 e. The van der Waals surface area contributed by atoms with E-state index in [1.54, 1.807) is 24.3 Å². The smallest absolute Gasteiger partial charge is 0.418 e. The summed E-state index contributed by atoms with van der Waals surface area (Å²) in [6.07, 6.45) is -5.53. The van der Waals surface area contributed by atoms with Crippen molar-refractivity contribution in [1.82, 2.24) is 0 Å². The Bertz CT molecular complexity index is 714. The van der Waals surface area contributed by atoms with Crippen LogP contribution in [-0.2, 0) is 11.0 Å². The van der Waals surface area contributed by atoms with Gasteiger partial charge in [-0.25, -0.2) is 0 Å². The van der Waals surface area contributed by atoms with Crippen molar-refractivity contribution in [1.29, 1.82) is 0 Å². The predicted molar refractivity (Wildman–Crippen MR) is 87.8 cm³/mol. The van der Waals surface area contributed by atoms with E-state index in [0.29, 0.717) is 18.1 Å². The Hall–Kier alpha value is -2.70. The molecule has 2 rings (SSSR count). The fourth-order valence-corrected chi connectivity index (χ4v) is 2.11. The second-order valence-corrected chi connectivity index (χ2v) is 5.20. The Morgan fingerprint density at radius 1 is 1.08 bits per heavy atom. The Balaban J connectivity index is 2.03. The number of carbonyl (C=O) groups excluding carboxylic acids is 1. The highest BCUT2D eigenvalue weighted by Gasteiger charge is 2.34.